The van der Waals surface area contributed by atoms with Gasteiger partial charge in [0.2, 0.25) is 11.9 Å². The van der Waals surface area contributed by atoms with E-state index in [1.165, 1.54) is 12.4 Å². The van der Waals surface area contributed by atoms with Crippen LogP contribution in [-0.4, -0.2) is 41.7 Å². The van der Waals surface area contributed by atoms with E-state index in [0.29, 0.717) is 18.5 Å². The van der Waals surface area contributed by atoms with E-state index in [-0.39, 0.29) is 17.9 Å². The number of amides is 1. The molecule has 2 atom stereocenters. The topological polar surface area (TPSA) is 81.3 Å². The average Bonchev–Trinajstić information content (AvgIpc) is 2.98. The summed E-state index contributed by atoms with van der Waals surface area (Å²) in [5.41, 5.74) is 5.44. The number of hydrogen-bond acceptors (Lipinski definition) is 5. The largest absolute Gasteiger partial charge is 0.377 e. The van der Waals surface area contributed by atoms with Gasteiger partial charge in [0, 0.05) is 19.7 Å². The van der Waals surface area contributed by atoms with Crippen molar-refractivity contribution < 1.29 is 13.9 Å². The van der Waals surface area contributed by atoms with Crippen LogP contribution >= 0.6 is 0 Å². The number of halogens is 1. The molecule has 0 radical (unpaired) electrons. The van der Waals surface area contributed by atoms with E-state index >= 15 is 0 Å². The molecule has 114 valence electrons. The summed E-state index contributed by atoms with van der Waals surface area (Å²) in [4.78, 5) is 21.5. The van der Waals surface area contributed by atoms with Crippen molar-refractivity contribution in [1.82, 2.24) is 9.97 Å². The number of aromatic nitrogens is 2. The molecule has 2 aliphatic heterocycles. The van der Waals surface area contributed by atoms with Crippen molar-refractivity contribution in [3.63, 3.8) is 0 Å². The standard InChI is InChI=1S/C14H19FN4O2/c15-10-7-17-14(18-8-10)19-4-1-9(2-5-19)12-11(13(16)20)3-6-21-12/h7-9,11-12H,1-6H2,(H2,16,20)/t11-,12+/m0/s1. The Kier molecular flexibility index (Phi) is 4.01. The number of anilines is 1. The summed E-state index contributed by atoms with van der Waals surface area (Å²) in [7, 11) is 0. The number of carbonyl (C=O) groups excluding carboxylic acids is 1. The summed E-state index contributed by atoms with van der Waals surface area (Å²) in [5, 5.41) is 0. The normalized spacial score (nSPS) is 27.0. The van der Waals surface area contributed by atoms with Crippen LogP contribution in [0.4, 0.5) is 10.3 Å². The second-order valence-corrected chi connectivity index (χ2v) is 5.66. The van der Waals surface area contributed by atoms with Crippen molar-refractivity contribution >= 4 is 11.9 Å². The number of nitrogens with two attached hydrogens (primary N) is 1. The summed E-state index contributed by atoms with van der Waals surface area (Å²) in [5.74, 6) is 0.0260. The summed E-state index contributed by atoms with van der Waals surface area (Å²) >= 11 is 0. The van der Waals surface area contributed by atoms with Crippen molar-refractivity contribution in [3.8, 4) is 0 Å². The van der Waals surface area contributed by atoms with Crippen LogP contribution in [0.3, 0.4) is 0 Å². The maximum atomic E-state index is 12.8. The maximum Gasteiger partial charge on any atom is 0.225 e. The van der Waals surface area contributed by atoms with E-state index in [1.54, 1.807) is 0 Å². The van der Waals surface area contributed by atoms with Gasteiger partial charge in [0.1, 0.15) is 0 Å². The molecule has 0 saturated carbocycles. The van der Waals surface area contributed by atoms with Gasteiger partial charge in [-0.25, -0.2) is 14.4 Å². The molecular weight excluding hydrogens is 275 g/mol. The Hall–Kier alpha value is -1.76. The molecular formula is C14H19FN4O2. The first-order valence-electron chi connectivity index (χ1n) is 7.28. The molecule has 0 bridgehead atoms. The van der Waals surface area contributed by atoms with Crippen molar-refractivity contribution in [3.05, 3.63) is 18.2 Å². The first kappa shape index (κ1) is 14.2. The Morgan fingerprint density at radius 3 is 2.57 bits per heavy atom. The Labute approximate surface area is 122 Å². The predicted molar refractivity (Wildman–Crippen MR) is 74.0 cm³/mol. The van der Waals surface area contributed by atoms with Crippen LogP contribution in [0.25, 0.3) is 0 Å². The number of rotatable bonds is 3. The highest BCUT2D eigenvalue weighted by molar-refractivity contribution is 5.77. The van der Waals surface area contributed by atoms with Gasteiger partial charge in [-0.3, -0.25) is 4.79 Å². The van der Waals surface area contributed by atoms with E-state index in [1.807, 2.05) is 4.90 Å². The minimum absolute atomic E-state index is 0.0567. The highest BCUT2D eigenvalue weighted by atomic mass is 19.1. The van der Waals surface area contributed by atoms with E-state index in [2.05, 4.69) is 9.97 Å². The van der Waals surface area contributed by atoms with Crippen molar-refractivity contribution in [2.24, 2.45) is 17.6 Å². The molecule has 1 aromatic rings. The van der Waals surface area contributed by atoms with Gasteiger partial charge >= 0.3 is 0 Å². The lowest BCUT2D eigenvalue weighted by atomic mass is 9.84. The van der Waals surface area contributed by atoms with Crippen LogP contribution in [-0.2, 0) is 9.53 Å². The SMILES string of the molecule is NC(=O)[C@H]1CCO[C@@H]1C1CCN(c2ncc(F)cn2)CC1. The lowest BCUT2D eigenvalue weighted by Crippen LogP contribution is -2.42. The van der Waals surface area contributed by atoms with Crippen LogP contribution in [0.5, 0.6) is 0 Å². The van der Waals surface area contributed by atoms with Gasteiger partial charge in [-0.05, 0) is 25.2 Å². The fraction of sp³-hybridized carbons (Fsp3) is 0.643. The first-order valence-corrected chi connectivity index (χ1v) is 7.28. The second-order valence-electron chi connectivity index (χ2n) is 5.66. The third-order valence-electron chi connectivity index (χ3n) is 4.39. The molecule has 2 aliphatic rings. The van der Waals surface area contributed by atoms with E-state index in [9.17, 15) is 9.18 Å². The molecule has 2 fully saturated rings. The van der Waals surface area contributed by atoms with Gasteiger partial charge in [-0.1, -0.05) is 0 Å². The monoisotopic (exact) mass is 294 g/mol. The Morgan fingerprint density at radius 2 is 1.95 bits per heavy atom. The van der Waals surface area contributed by atoms with Gasteiger partial charge in [0.15, 0.2) is 5.82 Å². The Bertz CT molecular complexity index is 502. The zero-order valence-corrected chi connectivity index (χ0v) is 11.7. The third kappa shape index (κ3) is 2.97. The van der Waals surface area contributed by atoms with Crippen molar-refractivity contribution in [2.45, 2.75) is 25.4 Å². The summed E-state index contributed by atoms with van der Waals surface area (Å²) in [6.07, 6.45) is 4.82. The number of hydrogen-bond donors (Lipinski definition) is 1. The molecule has 0 aliphatic carbocycles. The quantitative estimate of drug-likeness (QED) is 0.888. The highest BCUT2D eigenvalue weighted by Crippen LogP contribution is 2.33. The lowest BCUT2D eigenvalue weighted by Gasteiger charge is -2.35. The van der Waals surface area contributed by atoms with Crippen LogP contribution in [0, 0.1) is 17.7 Å². The number of piperidine rings is 1. The molecule has 1 amide bonds. The maximum absolute atomic E-state index is 12.8. The molecule has 0 unspecified atom stereocenters. The molecule has 6 nitrogen and oxygen atoms in total. The minimum atomic E-state index is -0.433. The van der Waals surface area contributed by atoms with Crippen LogP contribution in [0.2, 0.25) is 0 Å². The van der Waals surface area contributed by atoms with Gasteiger partial charge in [0.05, 0.1) is 24.4 Å². The number of ether oxygens (including phenoxy) is 1. The summed E-state index contributed by atoms with van der Waals surface area (Å²) in [6.45, 7) is 2.17. The number of primary amides is 1. The predicted octanol–water partition coefficient (Wildman–Crippen LogP) is 0.722. The van der Waals surface area contributed by atoms with E-state index < -0.39 is 5.82 Å². The molecule has 3 rings (SSSR count). The zero-order chi connectivity index (χ0) is 14.8. The fourth-order valence-corrected chi connectivity index (χ4v) is 3.28. The van der Waals surface area contributed by atoms with Crippen LogP contribution < -0.4 is 10.6 Å². The zero-order valence-electron chi connectivity index (χ0n) is 11.7. The van der Waals surface area contributed by atoms with Crippen molar-refractivity contribution in [2.75, 3.05) is 24.6 Å². The van der Waals surface area contributed by atoms with E-state index in [0.717, 1.165) is 32.4 Å². The van der Waals surface area contributed by atoms with Crippen LogP contribution in [0.1, 0.15) is 19.3 Å². The van der Waals surface area contributed by atoms with Gasteiger partial charge in [-0.15, -0.1) is 0 Å². The van der Waals surface area contributed by atoms with E-state index in [4.69, 9.17) is 10.5 Å². The number of nitrogens with zero attached hydrogens (tertiary/aromatic N) is 3. The summed E-state index contributed by atoms with van der Waals surface area (Å²) in [6, 6.07) is 0. The van der Waals surface area contributed by atoms with Crippen LogP contribution in [0.15, 0.2) is 12.4 Å². The Balaban J connectivity index is 1.60. The molecule has 0 aromatic carbocycles. The van der Waals surface area contributed by atoms with Gasteiger partial charge in [0.25, 0.3) is 0 Å². The summed E-state index contributed by atoms with van der Waals surface area (Å²) < 4.78 is 18.6. The molecule has 0 spiro atoms. The highest BCUT2D eigenvalue weighted by Gasteiger charge is 2.39. The molecule has 2 N–H and O–H groups in total. The number of carbonyl (C=O) groups is 1. The third-order valence-corrected chi connectivity index (χ3v) is 4.39. The van der Waals surface area contributed by atoms with Gasteiger partial charge < -0.3 is 15.4 Å². The lowest BCUT2D eigenvalue weighted by molar-refractivity contribution is -0.124. The first-order chi connectivity index (χ1) is 10.1. The Morgan fingerprint density at radius 1 is 1.29 bits per heavy atom. The molecule has 7 heteroatoms. The minimum Gasteiger partial charge on any atom is -0.377 e. The average molecular weight is 294 g/mol. The molecule has 2 saturated heterocycles. The van der Waals surface area contributed by atoms with Crippen molar-refractivity contribution in [1.29, 1.82) is 0 Å². The molecule has 1 aromatic heterocycles. The molecule has 21 heavy (non-hydrogen) atoms. The smallest absolute Gasteiger partial charge is 0.225 e. The fourth-order valence-electron chi connectivity index (χ4n) is 3.28. The second kappa shape index (κ2) is 5.93. The molecule has 3 heterocycles. The van der Waals surface area contributed by atoms with Gasteiger partial charge in [-0.2, -0.15) is 0 Å².